The number of nitrogens with zero attached hydrogens (tertiary/aromatic N) is 2. The Balaban J connectivity index is 1.72. The van der Waals surface area contributed by atoms with Crippen molar-refractivity contribution in [3.05, 3.63) is 64.3 Å². The molecule has 0 amide bonds. The van der Waals surface area contributed by atoms with Gasteiger partial charge in [-0.05, 0) is 29.8 Å². The van der Waals surface area contributed by atoms with E-state index >= 15 is 8.78 Å². The van der Waals surface area contributed by atoms with Gasteiger partial charge in [-0.25, -0.2) is 8.78 Å². The lowest BCUT2D eigenvalue weighted by Crippen LogP contribution is -2.38. The lowest BCUT2D eigenvalue weighted by molar-refractivity contribution is -0.170. The molecular formula is C45H46F2N2O22. The number of carbonyl (C=O) groups excluding carboxylic acids is 9. The summed E-state index contributed by atoms with van der Waals surface area (Å²) in [5.74, 6) is -10.8. The molecule has 0 saturated heterocycles. The third-order valence-corrected chi connectivity index (χ3v) is 8.98. The fourth-order valence-corrected chi connectivity index (χ4v) is 6.00. The molecule has 2 aromatic rings. The zero-order valence-electron chi connectivity index (χ0n) is 38.7. The Morgan fingerprint density at radius 1 is 0.549 bits per heavy atom. The monoisotopic (exact) mass is 1000 g/mol. The molecule has 0 spiro atoms. The Bertz CT molecular complexity index is 2580. The van der Waals surface area contributed by atoms with E-state index in [0.29, 0.717) is 0 Å². The molecule has 0 aromatic heterocycles. The van der Waals surface area contributed by atoms with Gasteiger partial charge < -0.3 is 61.4 Å². The predicted molar refractivity (Wildman–Crippen MR) is 232 cm³/mol. The van der Waals surface area contributed by atoms with Crippen LogP contribution in [0.1, 0.15) is 34.6 Å². The van der Waals surface area contributed by atoms with Crippen molar-refractivity contribution in [2.24, 2.45) is 0 Å². The van der Waals surface area contributed by atoms with Crippen molar-refractivity contribution in [1.29, 1.82) is 0 Å². The largest absolute Gasteiger partial charge is 0.489 e. The molecule has 71 heavy (non-hydrogen) atoms. The van der Waals surface area contributed by atoms with E-state index in [4.69, 9.17) is 47.0 Å². The molecular weight excluding hydrogens is 958 g/mol. The highest BCUT2D eigenvalue weighted by molar-refractivity contribution is 6.03. The minimum atomic E-state index is -1.21. The summed E-state index contributed by atoms with van der Waals surface area (Å²) >= 11 is 0. The average molecular weight is 1000 g/mol. The summed E-state index contributed by atoms with van der Waals surface area (Å²) in [6, 6.07) is 7.78. The maximum atomic E-state index is 15.6. The smallest absolute Gasteiger partial charge is 0.328 e. The van der Waals surface area contributed by atoms with Crippen LogP contribution in [0.5, 0.6) is 11.5 Å². The van der Waals surface area contributed by atoms with Gasteiger partial charge in [-0.2, -0.15) is 0 Å². The third kappa shape index (κ3) is 18.3. The van der Waals surface area contributed by atoms with Crippen molar-refractivity contribution in [2.45, 2.75) is 34.6 Å². The number of anilines is 1. The summed E-state index contributed by atoms with van der Waals surface area (Å²) in [5.41, 5.74) is -1.20. The molecule has 0 fully saturated rings. The van der Waals surface area contributed by atoms with Gasteiger partial charge in [0.05, 0.1) is 32.0 Å². The van der Waals surface area contributed by atoms with E-state index in [1.54, 1.807) is 0 Å². The van der Waals surface area contributed by atoms with E-state index in [9.17, 15) is 47.9 Å². The quantitative estimate of drug-likeness (QED) is 0.0218. The van der Waals surface area contributed by atoms with Crippen LogP contribution in [0.2, 0.25) is 0 Å². The lowest BCUT2D eigenvalue weighted by Gasteiger charge is -2.26. The Morgan fingerprint density at radius 2 is 1.07 bits per heavy atom. The molecule has 2 aliphatic rings. The molecule has 1 heterocycles. The van der Waals surface area contributed by atoms with Crippen molar-refractivity contribution in [2.75, 3.05) is 84.6 Å². The molecule has 24 nitrogen and oxygen atoms in total. The maximum Gasteiger partial charge on any atom is 0.328 e. The summed E-state index contributed by atoms with van der Waals surface area (Å²) in [5, 5.41) is -0.0329. The van der Waals surface area contributed by atoms with Crippen molar-refractivity contribution < 1.29 is 108 Å². The first kappa shape index (κ1) is 55.3. The second-order valence-corrected chi connectivity index (χ2v) is 14.4. The van der Waals surface area contributed by atoms with Crippen molar-refractivity contribution in [3.63, 3.8) is 0 Å². The summed E-state index contributed by atoms with van der Waals surface area (Å²) in [4.78, 5) is 123. The summed E-state index contributed by atoms with van der Waals surface area (Å²) in [6.07, 6.45) is 0. The number of benzene rings is 3. The van der Waals surface area contributed by atoms with Crippen LogP contribution in [-0.4, -0.2) is 138 Å². The molecule has 0 saturated carbocycles. The van der Waals surface area contributed by atoms with Crippen LogP contribution < -0.4 is 19.8 Å². The van der Waals surface area contributed by atoms with Crippen LogP contribution in [0, 0.1) is 11.6 Å². The van der Waals surface area contributed by atoms with E-state index in [2.05, 4.69) is 9.47 Å². The molecule has 0 radical (unpaired) electrons. The highest BCUT2D eigenvalue weighted by Crippen LogP contribution is 2.44. The standard InChI is InChI=1S/C45H46F2N2O22/c1-25(50)62-21-66-41(56)17-48(18-42(57)67-22-63-26(2)51)8-9-60-10-11-61-37-7-6-30(12-35(37)49(19-43(58)68-23-64-27(3)52)20-44(59)69-24-65-28(4)53)45-31-13-33(46)36(55)15-38(31)71-39-16-40(70-29(5)54)34(47)14-32(39)45/h6-7,12-16H,8-11,17-24H2,1-5H3. The Kier molecular flexibility index (Phi) is 21.1. The van der Waals surface area contributed by atoms with Gasteiger partial charge in [-0.1, -0.05) is 6.07 Å². The summed E-state index contributed by atoms with van der Waals surface area (Å²) in [7, 11) is 0. The van der Waals surface area contributed by atoms with Crippen LogP contribution in [0.4, 0.5) is 14.5 Å². The lowest BCUT2D eigenvalue weighted by atomic mass is 9.93. The summed E-state index contributed by atoms with van der Waals surface area (Å²) in [6.45, 7) is -1.00. The van der Waals surface area contributed by atoms with Gasteiger partial charge in [-0.15, -0.1) is 0 Å². The number of rotatable bonds is 26. The van der Waals surface area contributed by atoms with Gasteiger partial charge in [0.1, 0.15) is 36.8 Å². The number of fused-ring (bicyclic) bond motifs is 2. The van der Waals surface area contributed by atoms with E-state index in [0.717, 1.165) is 63.8 Å². The predicted octanol–water partition coefficient (Wildman–Crippen LogP) is 2.53. The molecule has 0 atom stereocenters. The normalized spacial score (nSPS) is 10.8. The van der Waals surface area contributed by atoms with Crippen LogP contribution >= 0.6 is 0 Å². The average Bonchev–Trinajstić information content (AvgIpc) is 3.27. The molecule has 1 aliphatic carbocycles. The minimum absolute atomic E-state index is 0.0329. The fourth-order valence-electron chi connectivity index (χ4n) is 6.00. The zero-order chi connectivity index (χ0) is 52.2. The van der Waals surface area contributed by atoms with Gasteiger partial charge >= 0.3 is 53.7 Å². The number of esters is 9. The van der Waals surface area contributed by atoms with Gasteiger partial charge in [0.15, 0.2) is 17.4 Å². The topological polar surface area (TPSA) is 292 Å². The van der Waals surface area contributed by atoms with Crippen LogP contribution in [0.3, 0.4) is 0 Å². The molecule has 26 heteroatoms. The second-order valence-electron chi connectivity index (χ2n) is 14.4. The highest BCUT2D eigenvalue weighted by atomic mass is 19.1. The van der Waals surface area contributed by atoms with Gasteiger partial charge in [0.2, 0.25) is 32.6 Å². The maximum absolute atomic E-state index is 15.6. The summed E-state index contributed by atoms with van der Waals surface area (Å²) < 4.78 is 91.6. The van der Waals surface area contributed by atoms with E-state index < -0.39 is 130 Å². The van der Waals surface area contributed by atoms with E-state index in [1.165, 1.54) is 23.1 Å². The highest BCUT2D eigenvalue weighted by Gasteiger charge is 2.26. The molecule has 382 valence electrons. The minimum Gasteiger partial charge on any atom is -0.489 e. The van der Waals surface area contributed by atoms with Gasteiger partial charge in [-0.3, -0.25) is 52.8 Å². The number of hydrogen-bond donors (Lipinski definition) is 0. The van der Waals surface area contributed by atoms with Crippen LogP contribution in [-0.2, 0) is 85.8 Å². The molecule has 0 bridgehead atoms. The van der Waals surface area contributed by atoms with Crippen LogP contribution in [0.15, 0.2) is 51.7 Å². The zero-order valence-corrected chi connectivity index (χ0v) is 38.7. The third-order valence-electron chi connectivity index (χ3n) is 8.98. The Morgan fingerprint density at radius 3 is 1.58 bits per heavy atom. The SMILES string of the molecule is CC(=O)OCOC(=O)CN(CCOCCOc1ccc(-c2c3cc(F)c(=O)cc-3oc3cc(OC(C)=O)c(F)cc23)cc1N(CC(=O)OCOC(C)=O)CC(=O)OCOC(C)=O)CC(=O)OCOC(C)=O. The first-order valence-corrected chi connectivity index (χ1v) is 20.8. The van der Waals surface area contributed by atoms with Gasteiger partial charge in [0, 0.05) is 69.8 Å². The first-order valence-electron chi connectivity index (χ1n) is 20.8. The molecule has 2 aromatic carbocycles. The van der Waals surface area contributed by atoms with Crippen molar-refractivity contribution in [1.82, 2.24) is 4.90 Å². The molecule has 4 rings (SSSR count). The van der Waals surface area contributed by atoms with E-state index in [1.807, 2.05) is 0 Å². The number of carbonyl (C=O) groups is 9. The fraction of sp³-hybridized carbons (Fsp3) is 0.378. The number of ether oxygens (including phenoxy) is 11. The number of halogens is 2. The van der Waals surface area contributed by atoms with Crippen LogP contribution in [0.25, 0.3) is 33.4 Å². The molecule has 1 aliphatic heterocycles. The van der Waals surface area contributed by atoms with Crippen molar-refractivity contribution >= 4 is 70.4 Å². The van der Waals surface area contributed by atoms with Gasteiger partial charge in [0.25, 0.3) is 0 Å². The van der Waals surface area contributed by atoms with E-state index in [-0.39, 0.29) is 71.2 Å². The molecule has 0 unspecified atom stereocenters. The molecule has 0 N–H and O–H groups in total. The first-order chi connectivity index (χ1) is 33.7. The Labute approximate surface area is 400 Å². The second kappa shape index (κ2) is 27.1. The van der Waals surface area contributed by atoms with Crippen molar-refractivity contribution in [3.8, 4) is 33.9 Å². The number of hydrogen-bond acceptors (Lipinski definition) is 24. The Hall–Kier alpha value is -8.26.